The number of hydrazine groups is 1. The number of aliphatic hydroxyl groups is 1. The van der Waals surface area contributed by atoms with Gasteiger partial charge in [-0.05, 0) is 138 Å². The number of imide groups is 1. The van der Waals surface area contributed by atoms with Gasteiger partial charge in [0.05, 0.1) is 30.4 Å². The number of hydrogen-bond donors (Lipinski definition) is 6. The van der Waals surface area contributed by atoms with Crippen LogP contribution in [0.4, 0.5) is 17.1 Å². The van der Waals surface area contributed by atoms with E-state index < -0.39 is 11.6 Å². The first kappa shape index (κ1) is 43.0. The molecule has 0 radical (unpaired) electrons. The summed E-state index contributed by atoms with van der Waals surface area (Å²) in [6.07, 6.45) is 14.7. The molecule has 4 amide bonds. The van der Waals surface area contributed by atoms with E-state index in [0.717, 1.165) is 94.7 Å². The number of nitrogens with zero attached hydrogens (tertiary/aromatic N) is 6. The normalized spacial score (nSPS) is 34.0. The van der Waals surface area contributed by atoms with Crippen LogP contribution in [0.1, 0.15) is 99.9 Å². The predicted molar refractivity (Wildman–Crippen MR) is 247 cm³/mol. The lowest BCUT2D eigenvalue weighted by atomic mass is 9.77. The molecule has 0 aliphatic carbocycles. The summed E-state index contributed by atoms with van der Waals surface area (Å²) in [7, 11) is 0. The zero-order valence-electron chi connectivity index (χ0n) is 37.9. The molecule has 11 rings (SSSR count). The number of hydrogen-bond acceptors (Lipinski definition) is 13. The molecule has 2 bridgehead atoms. The van der Waals surface area contributed by atoms with Gasteiger partial charge in [-0.3, -0.25) is 45.5 Å². The van der Waals surface area contributed by atoms with Crippen LogP contribution in [0, 0.1) is 11.3 Å². The molecule has 1 spiro atoms. The average Bonchev–Trinajstić information content (AvgIpc) is 3.96. The maximum atomic E-state index is 13.8. The molecule has 9 aliphatic rings. The van der Waals surface area contributed by atoms with Gasteiger partial charge in [0, 0.05) is 80.4 Å². The second kappa shape index (κ2) is 17.3. The summed E-state index contributed by atoms with van der Waals surface area (Å²) in [5.41, 5.74) is 4.50. The highest BCUT2D eigenvalue weighted by Crippen LogP contribution is 2.44. The third kappa shape index (κ3) is 8.22. The smallest absolute Gasteiger partial charge is 0.255 e. The minimum atomic E-state index is -0.806. The van der Waals surface area contributed by atoms with Crippen LogP contribution < -0.4 is 36.4 Å². The van der Waals surface area contributed by atoms with Crippen molar-refractivity contribution in [3.63, 3.8) is 0 Å². The van der Waals surface area contributed by atoms with Crippen LogP contribution in [0.3, 0.4) is 0 Å². The summed E-state index contributed by atoms with van der Waals surface area (Å²) in [4.78, 5) is 60.9. The topological polar surface area (TPSA) is 168 Å². The van der Waals surface area contributed by atoms with Crippen molar-refractivity contribution in [1.82, 2.24) is 41.1 Å². The molecule has 6 unspecified atom stereocenters. The standard InChI is InChI=1S/C49H67N11O5/c1-48(65)18-3-2-4-22-59-46(64)38-29-50-47(54-43(38)60(59)41-7-5-6-40(48)52-41)51-33-9-12-34(13-10-33)55-23-16-35(17-24-55)56-25-19-49(20-26-56)21-27-57(31-49)36-11-8-32-30-58(45(63)37(32)28-36)39-14-15-42(61)53-44(39)62/h2,4,8-13,28,35,38-41,43,47,50-52,54,65H,3,5-7,14-27,29-31H2,1H3,(H,53,61,62)/b4-2-/t38?,39?,40?,41?,43?,47?,48-/m1/s1. The first-order valence-corrected chi connectivity index (χ1v) is 24.6. The third-order valence-corrected chi connectivity index (χ3v) is 16.8. The lowest BCUT2D eigenvalue weighted by molar-refractivity contribution is -0.146. The number of likely N-dealkylation sites (tertiary alicyclic amines) is 1. The Hall–Kier alpha value is -4.58. The number of rotatable bonds is 6. The molecule has 7 saturated heterocycles. The van der Waals surface area contributed by atoms with Crippen LogP contribution in [-0.2, 0) is 20.9 Å². The third-order valence-electron chi connectivity index (χ3n) is 16.8. The molecular formula is C49H67N11O5. The van der Waals surface area contributed by atoms with E-state index >= 15 is 0 Å². The molecule has 65 heavy (non-hydrogen) atoms. The van der Waals surface area contributed by atoms with Crippen LogP contribution >= 0.6 is 0 Å². The van der Waals surface area contributed by atoms with Gasteiger partial charge in [0.15, 0.2) is 0 Å². The highest BCUT2D eigenvalue weighted by Gasteiger charge is 2.53. The van der Waals surface area contributed by atoms with Crippen LogP contribution in [0.5, 0.6) is 0 Å². The Balaban J connectivity index is 0.652. The number of carbonyl (C=O) groups excluding carboxylic acids is 4. The van der Waals surface area contributed by atoms with E-state index in [0.29, 0.717) is 49.5 Å². The Morgan fingerprint density at radius 2 is 1.60 bits per heavy atom. The number of nitrogens with one attached hydrogen (secondary N) is 5. The van der Waals surface area contributed by atoms with E-state index in [-0.39, 0.29) is 60.6 Å². The van der Waals surface area contributed by atoms with E-state index in [2.05, 4.69) is 94.8 Å². The van der Waals surface area contributed by atoms with E-state index in [1.807, 2.05) is 18.0 Å². The Kier molecular flexibility index (Phi) is 11.4. The maximum Gasteiger partial charge on any atom is 0.255 e. The number of anilines is 3. The van der Waals surface area contributed by atoms with Gasteiger partial charge in [-0.1, -0.05) is 18.2 Å². The SMILES string of the molecule is C[C@@]1(O)CC/C=C\CN2C(=O)C3CNC(Nc4ccc(N5CCC(N6CCC7(CCN(c8ccc9c(c8)C(=O)N(C8CCC(=O)NC8=O)C9)C7)CC6)CC5)cc4)NC3N2C2CCCC1N2. The van der Waals surface area contributed by atoms with Crippen molar-refractivity contribution >= 4 is 40.7 Å². The summed E-state index contributed by atoms with van der Waals surface area (Å²) >= 11 is 0. The minimum absolute atomic E-state index is 0.0181. The van der Waals surface area contributed by atoms with Crippen molar-refractivity contribution in [1.29, 1.82) is 0 Å². The molecule has 0 aromatic heterocycles. The fourth-order valence-corrected chi connectivity index (χ4v) is 12.8. The maximum absolute atomic E-state index is 13.8. The molecule has 7 fully saturated rings. The number of benzene rings is 2. The van der Waals surface area contributed by atoms with E-state index in [9.17, 15) is 24.3 Å². The van der Waals surface area contributed by atoms with Gasteiger partial charge in [0.1, 0.15) is 12.3 Å². The number of carbonyl (C=O) groups is 4. The summed E-state index contributed by atoms with van der Waals surface area (Å²) in [6.45, 7) is 9.84. The second-order valence-corrected chi connectivity index (χ2v) is 20.8. The highest BCUT2D eigenvalue weighted by molar-refractivity contribution is 6.05. The zero-order valence-corrected chi connectivity index (χ0v) is 37.9. The molecule has 2 aromatic rings. The Bertz CT molecular complexity index is 2190. The summed E-state index contributed by atoms with van der Waals surface area (Å²) in [6, 6.07) is 15.0. The van der Waals surface area contributed by atoms with Crippen molar-refractivity contribution in [3.8, 4) is 0 Å². The monoisotopic (exact) mass is 890 g/mol. The Morgan fingerprint density at radius 1 is 0.815 bits per heavy atom. The number of fused-ring (bicyclic) bond motifs is 7. The number of piperidine rings is 4. The molecule has 16 nitrogen and oxygen atoms in total. The molecule has 9 aliphatic heterocycles. The first-order chi connectivity index (χ1) is 31.5. The van der Waals surface area contributed by atoms with Crippen LogP contribution in [0.15, 0.2) is 54.6 Å². The van der Waals surface area contributed by atoms with E-state index in [1.165, 1.54) is 24.9 Å². The van der Waals surface area contributed by atoms with Gasteiger partial charge < -0.3 is 30.0 Å². The van der Waals surface area contributed by atoms with Crippen LogP contribution in [-0.4, -0.2) is 143 Å². The van der Waals surface area contributed by atoms with E-state index in [1.54, 1.807) is 4.90 Å². The second-order valence-electron chi connectivity index (χ2n) is 20.8. The van der Waals surface area contributed by atoms with Crippen molar-refractivity contribution in [2.24, 2.45) is 11.3 Å². The van der Waals surface area contributed by atoms with Gasteiger partial charge >= 0.3 is 0 Å². The minimum Gasteiger partial charge on any atom is -0.389 e. The summed E-state index contributed by atoms with van der Waals surface area (Å²) in [5, 5.41) is 32.7. The Morgan fingerprint density at radius 3 is 2.40 bits per heavy atom. The number of allylic oxidation sites excluding steroid dienone is 1. The van der Waals surface area contributed by atoms with Gasteiger partial charge in [-0.2, -0.15) is 5.01 Å². The van der Waals surface area contributed by atoms with Crippen LogP contribution in [0.25, 0.3) is 0 Å². The molecular weight excluding hydrogens is 823 g/mol. The fraction of sp³-hybridized carbons (Fsp3) is 0.633. The summed E-state index contributed by atoms with van der Waals surface area (Å²) in [5.74, 6) is -0.801. The van der Waals surface area contributed by atoms with Crippen molar-refractivity contribution < 1.29 is 24.3 Å². The molecule has 0 saturated carbocycles. The van der Waals surface area contributed by atoms with Gasteiger partial charge in [0.2, 0.25) is 17.7 Å². The fourth-order valence-electron chi connectivity index (χ4n) is 12.8. The molecule has 7 atom stereocenters. The highest BCUT2D eigenvalue weighted by atomic mass is 16.3. The Labute approximate surface area is 382 Å². The largest absolute Gasteiger partial charge is 0.389 e. The van der Waals surface area contributed by atoms with Gasteiger partial charge in [-0.15, -0.1) is 0 Å². The first-order valence-electron chi connectivity index (χ1n) is 24.6. The molecule has 6 N–H and O–H groups in total. The van der Waals surface area contributed by atoms with E-state index in [4.69, 9.17) is 0 Å². The van der Waals surface area contributed by atoms with Crippen molar-refractivity contribution in [3.05, 3.63) is 65.7 Å². The molecule has 16 heteroatoms. The van der Waals surface area contributed by atoms with Gasteiger partial charge in [0.25, 0.3) is 5.91 Å². The predicted octanol–water partition coefficient (Wildman–Crippen LogP) is 2.87. The summed E-state index contributed by atoms with van der Waals surface area (Å²) < 4.78 is 0. The lowest BCUT2D eigenvalue weighted by Crippen LogP contribution is -2.69. The van der Waals surface area contributed by atoms with Crippen molar-refractivity contribution in [2.45, 2.75) is 133 Å². The van der Waals surface area contributed by atoms with Gasteiger partial charge in [-0.25, -0.2) is 0 Å². The quantitative estimate of drug-likeness (QED) is 0.185. The van der Waals surface area contributed by atoms with Crippen LogP contribution in [0.2, 0.25) is 0 Å². The molecule has 2 aromatic carbocycles. The van der Waals surface area contributed by atoms with Crippen molar-refractivity contribution in [2.75, 3.05) is 67.5 Å². The molecule has 9 heterocycles. The zero-order chi connectivity index (χ0) is 44.5. The average molecular weight is 890 g/mol. The number of amides is 4. The lowest BCUT2D eigenvalue weighted by Gasteiger charge is -2.47. The molecule has 348 valence electrons.